The standard InChI is InChI=1S/C44H68O4/c1-3-5-7-9-11-43(35-16-29-13-30(18-35)19-36(43)17-29)47-39(45)41-24-33-15-34(25-41)27-42(26-33,28-41)40(46)48-44(12-10-8-6-4-2)37-20-31-14-32(22-37)23-38(44)21-31/h29-38H,3-28H2,1-2H3. The fourth-order valence-corrected chi connectivity index (χ4v) is 16.2. The van der Waals surface area contributed by atoms with E-state index < -0.39 is 10.8 Å². The molecule has 0 saturated heterocycles. The Morgan fingerprint density at radius 1 is 0.458 bits per heavy atom. The van der Waals surface area contributed by atoms with Crippen LogP contribution in [0.25, 0.3) is 0 Å². The Labute approximate surface area is 292 Å². The normalized spacial score (nSPS) is 50.3. The highest BCUT2D eigenvalue weighted by Crippen LogP contribution is 2.69. The summed E-state index contributed by atoms with van der Waals surface area (Å²) in [5, 5.41) is 0. The van der Waals surface area contributed by atoms with Crippen LogP contribution in [0.3, 0.4) is 0 Å². The van der Waals surface area contributed by atoms with Crippen LogP contribution in [0.15, 0.2) is 0 Å². The third kappa shape index (κ3) is 5.22. The predicted molar refractivity (Wildman–Crippen MR) is 189 cm³/mol. The van der Waals surface area contributed by atoms with Gasteiger partial charge in [-0.15, -0.1) is 0 Å². The molecule has 0 heterocycles. The first kappa shape index (κ1) is 32.8. The summed E-state index contributed by atoms with van der Waals surface area (Å²) in [7, 11) is 0. The quantitative estimate of drug-likeness (QED) is 0.137. The van der Waals surface area contributed by atoms with Crippen LogP contribution in [0.5, 0.6) is 0 Å². The van der Waals surface area contributed by atoms with E-state index in [1.54, 1.807) is 0 Å². The second-order valence-corrected chi connectivity index (χ2v) is 20.4. The van der Waals surface area contributed by atoms with Gasteiger partial charge in [0.05, 0.1) is 10.8 Å². The molecule has 48 heavy (non-hydrogen) atoms. The highest BCUT2D eigenvalue weighted by molar-refractivity contribution is 5.83. The molecule has 0 aliphatic heterocycles. The Morgan fingerprint density at radius 3 is 1.12 bits per heavy atom. The molecule has 0 aromatic heterocycles. The van der Waals surface area contributed by atoms with E-state index >= 15 is 9.59 Å². The first-order valence-corrected chi connectivity index (χ1v) is 21.7. The number of unbranched alkanes of at least 4 members (excludes halogenated alkanes) is 6. The van der Waals surface area contributed by atoms with Gasteiger partial charge in [0.25, 0.3) is 0 Å². The second-order valence-electron chi connectivity index (χ2n) is 20.4. The monoisotopic (exact) mass is 661 g/mol. The first-order chi connectivity index (χ1) is 23.3. The van der Waals surface area contributed by atoms with Crippen LogP contribution in [0.1, 0.15) is 181 Å². The summed E-state index contributed by atoms with van der Waals surface area (Å²) < 4.78 is 14.5. The number of hydrogen-bond acceptors (Lipinski definition) is 4. The van der Waals surface area contributed by atoms with Crippen molar-refractivity contribution in [2.24, 2.45) is 70.0 Å². The molecule has 12 bridgehead atoms. The van der Waals surface area contributed by atoms with Gasteiger partial charge < -0.3 is 9.47 Å². The van der Waals surface area contributed by atoms with E-state index in [9.17, 15) is 0 Å². The predicted octanol–water partition coefficient (Wildman–Crippen LogP) is 11.0. The lowest BCUT2D eigenvalue weighted by atomic mass is 9.43. The van der Waals surface area contributed by atoms with Crippen molar-refractivity contribution in [3.8, 4) is 0 Å². The topological polar surface area (TPSA) is 52.6 Å². The summed E-state index contributed by atoms with van der Waals surface area (Å²) in [6.45, 7) is 4.59. The molecule has 12 aliphatic carbocycles. The lowest BCUT2D eigenvalue weighted by molar-refractivity contribution is -0.243. The van der Waals surface area contributed by atoms with Gasteiger partial charge in [0, 0.05) is 0 Å². The Kier molecular flexibility index (Phi) is 8.39. The number of rotatable bonds is 14. The van der Waals surface area contributed by atoms with Gasteiger partial charge >= 0.3 is 11.9 Å². The van der Waals surface area contributed by atoms with Gasteiger partial charge in [0.1, 0.15) is 11.2 Å². The largest absolute Gasteiger partial charge is 0.458 e. The molecule has 268 valence electrons. The SMILES string of the molecule is CCCCCCC1(OC(=O)C23CC4CC(C2)CC(C(=O)OC2(CCCCCC)C5CC6CC(C5)CC2C6)(C4)C3)C2CC3CC(C2)CC1C3. The smallest absolute Gasteiger partial charge is 0.312 e. The minimum absolute atomic E-state index is 0.126. The minimum atomic E-state index is -0.466. The average Bonchev–Trinajstić information content (AvgIpc) is 3.04. The molecule has 4 nitrogen and oxygen atoms in total. The van der Waals surface area contributed by atoms with E-state index in [2.05, 4.69) is 13.8 Å². The lowest BCUT2D eigenvalue weighted by Gasteiger charge is -2.64. The molecule has 0 spiro atoms. The molecule has 12 aliphatic rings. The summed E-state index contributed by atoms with van der Waals surface area (Å²) in [4.78, 5) is 30.1. The third-order valence-electron chi connectivity index (χ3n) is 17.4. The minimum Gasteiger partial charge on any atom is -0.458 e. The van der Waals surface area contributed by atoms with Crippen molar-refractivity contribution in [2.45, 2.75) is 192 Å². The number of hydrogen-bond donors (Lipinski definition) is 0. The average molecular weight is 661 g/mol. The van der Waals surface area contributed by atoms with E-state index in [0.29, 0.717) is 41.9 Å². The van der Waals surface area contributed by atoms with Crippen molar-refractivity contribution < 1.29 is 19.1 Å². The third-order valence-corrected chi connectivity index (χ3v) is 17.4. The number of ether oxygens (including phenoxy) is 2. The fourth-order valence-electron chi connectivity index (χ4n) is 16.2. The Morgan fingerprint density at radius 2 is 0.792 bits per heavy atom. The van der Waals surface area contributed by atoms with Crippen LogP contribution in [0.4, 0.5) is 0 Å². The lowest BCUT2D eigenvalue weighted by Crippen LogP contribution is -2.64. The molecule has 0 aromatic rings. The summed E-state index contributed by atoms with van der Waals surface area (Å²) in [6.07, 6.45) is 31.0. The maximum Gasteiger partial charge on any atom is 0.312 e. The molecular formula is C44H68O4. The zero-order chi connectivity index (χ0) is 32.7. The maximum absolute atomic E-state index is 15.0. The van der Waals surface area contributed by atoms with Crippen molar-refractivity contribution >= 4 is 11.9 Å². The molecule has 0 amide bonds. The summed E-state index contributed by atoms with van der Waals surface area (Å²) >= 11 is 0. The molecule has 12 fully saturated rings. The van der Waals surface area contributed by atoms with Crippen LogP contribution in [-0.4, -0.2) is 23.1 Å². The van der Waals surface area contributed by atoms with Gasteiger partial charge in [0.2, 0.25) is 0 Å². The number of carbonyl (C=O) groups is 2. The van der Waals surface area contributed by atoms with Crippen LogP contribution >= 0.6 is 0 Å². The first-order valence-electron chi connectivity index (χ1n) is 21.7. The highest BCUT2D eigenvalue weighted by atomic mass is 16.6. The fraction of sp³-hybridized carbons (Fsp3) is 0.955. The van der Waals surface area contributed by atoms with E-state index in [1.165, 1.54) is 122 Å². The molecular weight excluding hydrogens is 592 g/mol. The number of carbonyl (C=O) groups excluding carboxylic acids is 2. The number of esters is 2. The highest BCUT2D eigenvalue weighted by Gasteiger charge is 2.68. The summed E-state index contributed by atoms with van der Waals surface area (Å²) in [5.41, 5.74) is -1.41. The van der Waals surface area contributed by atoms with Gasteiger partial charge in [-0.05, 0) is 188 Å². The maximum atomic E-state index is 15.0. The Hall–Kier alpha value is -1.06. The van der Waals surface area contributed by atoms with Crippen molar-refractivity contribution in [2.75, 3.05) is 0 Å². The Bertz CT molecular complexity index is 1070. The Balaban J connectivity index is 0.973. The van der Waals surface area contributed by atoms with Crippen LogP contribution in [0, 0.1) is 70.0 Å². The molecule has 12 saturated carbocycles. The van der Waals surface area contributed by atoms with E-state index in [-0.39, 0.29) is 23.1 Å². The van der Waals surface area contributed by atoms with E-state index in [4.69, 9.17) is 9.47 Å². The van der Waals surface area contributed by atoms with E-state index in [0.717, 1.165) is 62.2 Å². The zero-order valence-electron chi connectivity index (χ0n) is 30.8. The van der Waals surface area contributed by atoms with E-state index in [1.807, 2.05) is 0 Å². The van der Waals surface area contributed by atoms with Gasteiger partial charge in [-0.2, -0.15) is 0 Å². The van der Waals surface area contributed by atoms with Gasteiger partial charge in [-0.1, -0.05) is 52.4 Å². The van der Waals surface area contributed by atoms with Crippen molar-refractivity contribution in [3.05, 3.63) is 0 Å². The van der Waals surface area contributed by atoms with Gasteiger partial charge in [-0.3, -0.25) is 9.59 Å². The zero-order valence-corrected chi connectivity index (χ0v) is 30.8. The van der Waals surface area contributed by atoms with Crippen molar-refractivity contribution in [1.29, 1.82) is 0 Å². The molecule has 0 N–H and O–H groups in total. The molecule has 0 atom stereocenters. The summed E-state index contributed by atoms with van der Waals surface area (Å²) in [6, 6.07) is 0. The molecule has 0 radical (unpaired) electrons. The molecule has 12 rings (SSSR count). The second kappa shape index (κ2) is 12.3. The van der Waals surface area contributed by atoms with Crippen molar-refractivity contribution in [3.63, 3.8) is 0 Å². The van der Waals surface area contributed by atoms with Crippen molar-refractivity contribution in [1.82, 2.24) is 0 Å². The van der Waals surface area contributed by atoms with Gasteiger partial charge in [0.15, 0.2) is 0 Å². The van der Waals surface area contributed by atoms with Crippen LogP contribution in [0.2, 0.25) is 0 Å². The molecule has 0 unspecified atom stereocenters. The summed E-state index contributed by atoms with van der Waals surface area (Å²) in [5.74, 6) is 6.94. The van der Waals surface area contributed by atoms with Crippen LogP contribution in [-0.2, 0) is 19.1 Å². The van der Waals surface area contributed by atoms with Crippen LogP contribution < -0.4 is 0 Å². The molecule has 4 heteroatoms. The molecule has 0 aromatic carbocycles. The van der Waals surface area contributed by atoms with Gasteiger partial charge in [-0.25, -0.2) is 0 Å².